The number of benzene rings is 2. The normalized spacial score (nSPS) is 10.8. The molecule has 0 aliphatic heterocycles. The summed E-state index contributed by atoms with van der Waals surface area (Å²) in [5.74, 6) is -0.188. The molecule has 8 heteroatoms. The van der Waals surface area contributed by atoms with Crippen LogP contribution in [-0.2, 0) is 0 Å². The van der Waals surface area contributed by atoms with Crippen LogP contribution in [0.1, 0.15) is 20.8 Å². The van der Waals surface area contributed by atoms with Gasteiger partial charge < -0.3 is 15.8 Å². The van der Waals surface area contributed by atoms with Crippen LogP contribution >= 0.6 is 11.3 Å². The van der Waals surface area contributed by atoms with Crippen molar-refractivity contribution in [3.8, 4) is 17.0 Å². The number of ether oxygens (including phenoxy) is 1. The SMILES string of the molecule is COc1ccc(-c2cn3c(C(=O)Nc4ccccc4C(N)=O)csc3n2)cc1. The lowest BCUT2D eigenvalue weighted by molar-refractivity contribution is 0.100. The summed E-state index contributed by atoms with van der Waals surface area (Å²) in [4.78, 5) is 29.6. The first-order valence-corrected chi connectivity index (χ1v) is 9.26. The summed E-state index contributed by atoms with van der Waals surface area (Å²) in [6.07, 6.45) is 1.81. The highest BCUT2D eigenvalue weighted by Gasteiger charge is 2.17. The predicted octanol–water partition coefficient (Wildman–Crippen LogP) is 3.42. The second-order valence-electron chi connectivity index (χ2n) is 5.99. The van der Waals surface area contributed by atoms with E-state index in [0.717, 1.165) is 17.0 Å². The minimum Gasteiger partial charge on any atom is -0.497 e. The summed E-state index contributed by atoms with van der Waals surface area (Å²) in [5.41, 5.74) is 8.09. The number of thiazole rings is 1. The molecular weight excluding hydrogens is 376 g/mol. The van der Waals surface area contributed by atoms with Crippen LogP contribution in [0.15, 0.2) is 60.1 Å². The van der Waals surface area contributed by atoms with Crippen molar-refractivity contribution in [1.29, 1.82) is 0 Å². The van der Waals surface area contributed by atoms with E-state index in [9.17, 15) is 9.59 Å². The Labute approximate surface area is 164 Å². The van der Waals surface area contributed by atoms with Crippen molar-refractivity contribution in [3.63, 3.8) is 0 Å². The molecule has 4 aromatic rings. The molecule has 0 radical (unpaired) electrons. The van der Waals surface area contributed by atoms with Gasteiger partial charge in [-0.2, -0.15) is 0 Å². The molecule has 0 saturated heterocycles. The Hall–Kier alpha value is -3.65. The lowest BCUT2D eigenvalue weighted by Gasteiger charge is -2.08. The van der Waals surface area contributed by atoms with Gasteiger partial charge in [0.15, 0.2) is 4.96 Å². The summed E-state index contributed by atoms with van der Waals surface area (Å²) < 4.78 is 6.90. The number of rotatable bonds is 5. The molecule has 2 aromatic heterocycles. The van der Waals surface area contributed by atoms with E-state index >= 15 is 0 Å². The van der Waals surface area contributed by atoms with E-state index in [-0.39, 0.29) is 11.5 Å². The molecule has 0 spiro atoms. The van der Waals surface area contributed by atoms with E-state index in [1.54, 1.807) is 41.2 Å². The third-order valence-corrected chi connectivity index (χ3v) is 5.11. The van der Waals surface area contributed by atoms with Gasteiger partial charge in [-0.15, -0.1) is 11.3 Å². The molecule has 3 N–H and O–H groups in total. The van der Waals surface area contributed by atoms with E-state index in [1.165, 1.54) is 11.3 Å². The summed E-state index contributed by atoms with van der Waals surface area (Å²) in [6, 6.07) is 14.2. The maximum Gasteiger partial charge on any atom is 0.273 e. The number of carbonyl (C=O) groups is 2. The van der Waals surface area contributed by atoms with Crippen LogP contribution in [0, 0.1) is 0 Å². The number of imidazole rings is 1. The third-order valence-electron chi connectivity index (χ3n) is 4.27. The van der Waals surface area contributed by atoms with Crippen LogP contribution < -0.4 is 15.8 Å². The van der Waals surface area contributed by atoms with Crippen molar-refractivity contribution in [3.05, 3.63) is 71.4 Å². The first-order chi connectivity index (χ1) is 13.6. The number of methoxy groups -OCH3 is 1. The van der Waals surface area contributed by atoms with E-state index in [2.05, 4.69) is 10.3 Å². The average Bonchev–Trinajstić information content (AvgIpc) is 3.29. The van der Waals surface area contributed by atoms with Gasteiger partial charge in [0.1, 0.15) is 11.4 Å². The largest absolute Gasteiger partial charge is 0.497 e. The van der Waals surface area contributed by atoms with E-state index in [1.807, 2.05) is 30.5 Å². The molecule has 4 rings (SSSR count). The molecule has 28 heavy (non-hydrogen) atoms. The molecule has 0 saturated carbocycles. The Morgan fingerprint density at radius 3 is 2.61 bits per heavy atom. The van der Waals surface area contributed by atoms with Crippen LogP contribution in [0.25, 0.3) is 16.2 Å². The van der Waals surface area contributed by atoms with Crippen molar-refractivity contribution in [2.75, 3.05) is 12.4 Å². The number of hydrogen-bond acceptors (Lipinski definition) is 5. The van der Waals surface area contributed by atoms with E-state index in [0.29, 0.717) is 16.3 Å². The first kappa shape index (κ1) is 17.7. The second kappa shape index (κ2) is 7.16. The van der Waals surface area contributed by atoms with Gasteiger partial charge in [0.2, 0.25) is 0 Å². The zero-order valence-corrected chi connectivity index (χ0v) is 15.7. The fraction of sp³-hybridized carbons (Fsp3) is 0.0500. The molecule has 0 unspecified atom stereocenters. The molecule has 2 aromatic carbocycles. The van der Waals surface area contributed by atoms with Gasteiger partial charge in [-0.3, -0.25) is 14.0 Å². The van der Waals surface area contributed by atoms with E-state index in [4.69, 9.17) is 10.5 Å². The van der Waals surface area contributed by atoms with Crippen LogP contribution in [0.2, 0.25) is 0 Å². The molecule has 0 atom stereocenters. The maximum atomic E-state index is 12.8. The smallest absolute Gasteiger partial charge is 0.273 e. The van der Waals surface area contributed by atoms with Gasteiger partial charge in [-0.1, -0.05) is 12.1 Å². The van der Waals surface area contributed by atoms with Gasteiger partial charge in [0, 0.05) is 17.1 Å². The average molecular weight is 392 g/mol. The molecule has 2 heterocycles. The topological polar surface area (TPSA) is 98.7 Å². The monoisotopic (exact) mass is 392 g/mol. The number of fused-ring (bicyclic) bond motifs is 1. The van der Waals surface area contributed by atoms with Crippen molar-refractivity contribution in [2.24, 2.45) is 5.73 Å². The summed E-state index contributed by atoms with van der Waals surface area (Å²) in [5, 5.41) is 4.48. The Morgan fingerprint density at radius 2 is 1.89 bits per heavy atom. The molecule has 2 amide bonds. The van der Waals surface area contributed by atoms with Gasteiger partial charge in [0.25, 0.3) is 11.8 Å². The number of primary amides is 1. The predicted molar refractivity (Wildman–Crippen MR) is 108 cm³/mol. The van der Waals surface area contributed by atoms with Gasteiger partial charge >= 0.3 is 0 Å². The lowest BCUT2D eigenvalue weighted by atomic mass is 10.1. The standard InChI is InChI=1S/C20H16N4O3S/c1-27-13-8-6-12(7-9-13)16-10-24-17(11-28-20(24)23-16)19(26)22-15-5-3-2-4-14(15)18(21)25/h2-11H,1H3,(H2,21,25)(H,22,26). The van der Waals surface area contributed by atoms with Crippen LogP contribution in [0.3, 0.4) is 0 Å². The number of nitrogens with zero attached hydrogens (tertiary/aromatic N) is 2. The molecule has 0 aliphatic rings. The maximum absolute atomic E-state index is 12.8. The number of nitrogens with two attached hydrogens (primary N) is 1. The fourth-order valence-electron chi connectivity index (χ4n) is 2.84. The second-order valence-corrected chi connectivity index (χ2v) is 6.83. The Bertz CT molecular complexity index is 1180. The van der Waals surface area contributed by atoms with Gasteiger partial charge in [-0.25, -0.2) is 4.98 Å². The number of anilines is 1. The van der Waals surface area contributed by atoms with Crippen LogP contribution in [0.5, 0.6) is 5.75 Å². The minimum atomic E-state index is -0.601. The molecule has 0 aliphatic carbocycles. The Morgan fingerprint density at radius 1 is 1.14 bits per heavy atom. The number of para-hydroxylation sites is 1. The minimum absolute atomic E-state index is 0.256. The first-order valence-electron chi connectivity index (χ1n) is 8.38. The van der Waals surface area contributed by atoms with Crippen LogP contribution in [-0.4, -0.2) is 28.3 Å². The van der Waals surface area contributed by atoms with Crippen molar-refractivity contribution >= 4 is 33.8 Å². The molecule has 0 fully saturated rings. The third kappa shape index (κ3) is 3.21. The summed E-state index contributed by atoms with van der Waals surface area (Å²) in [6.45, 7) is 0. The van der Waals surface area contributed by atoms with Crippen molar-refractivity contribution in [2.45, 2.75) is 0 Å². The summed E-state index contributed by atoms with van der Waals surface area (Å²) in [7, 11) is 1.61. The zero-order chi connectivity index (χ0) is 19.7. The number of carbonyl (C=O) groups excluding carboxylic acids is 2. The number of nitrogens with one attached hydrogen (secondary N) is 1. The highest BCUT2D eigenvalue weighted by Crippen LogP contribution is 2.26. The number of amides is 2. The number of aromatic nitrogens is 2. The fourth-order valence-corrected chi connectivity index (χ4v) is 3.69. The number of hydrogen-bond donors (Lipinski definition) is 2. The Kier molecular flexibility index (Phi) is 4.54. The van der Waals surface area contributed by atoms with E-state index < -0.39 is 5.91 Å². The van der Waals surface area contributed by atoms with Crippen LogP contribution in [0.4, 0.5) is 5.69 Å². The van der Waals surface area contributed by atoms with Crippen molar-refractivity contribution < 1.29 is 14.3 Å². The van der Waals surface area contributed by atoms with Gasteiger partial charge in [0.05, 0.1) is 24.1 Å². The lowest BCUT2D eigenvalue weighted by Crippen LogP contribution is -2.19. The highest BCUT2D eigenvalue weighted by molar-refractivity contribution is 7.15. The molecule has 0 bridgehead atoms. The highest BCUT2D eigenvalue weighted by atomic mass is 32.1. The van der Waals surface area contributed by atoms with Gasteiger partial charge in [-0.05, 0) is 36.4 Å². The molecular formula is C20H16N4O3S. The molecule has 140 valence electrons. The summed E-state index contributed by atoms with van der Waals surface area (Å²) >= 11 is 1.36. The Balaban J connectivity index is 1.65. The molecule has 7 nitrogen and oxygen atoms in total. The quantitative estimate of drug-likeness (QED) is 0.544. The van der Waals surface area contributed by atoms with Crippen molar-refractivity contribution in [1.82, 2.24) is 9.38 Å². The zero-order valence-electron chi connectivity index (χ0n) is 14.9.